The van der Waals surface area contributed by atoms with Crippen molar-refractivity contribution < 1.29 is 9.53 Å². The molecule has 13 heteroatoms. The normalized spacial score (nSPS) is 17.8. The molecule has 0 aliphatic carbocycles. The van der Waals surface area contributed by atoms with E-state index in [-0.39, 0.29) is 23.9 Å². The second kappa shape index (κ2) is 9.92. The van der Waals surface area contributed by atoms with E-state index in [0.717, 1.165) is 29.9 Å². The van der Waals surface area contributed by atoms with Gasteiger partial charge in [-0.05, 0) is 13.2 Å². The van der Waals surface area contributed by atoms with Crippen molar-refractivity contribution in [3.8, 4) is 0 Å². The minimum absolute atomic E-state index is 0.0730. The summed E-state index contributed by atoms with van der Waals surface area (Å²) in [5.41, 5.74) is 1.27. The van der Waals surface area contributed by atoms with Gasteiger partial charge in [-0.15, -0.1) is 0 Å². The van der Waals surface area contributed by atoms with E-state index in [0.29, 0.717) is 47.9 Å². The van der Waals surface area contributed by atoms with Gasteiger partial charge in [-0.2, -0.15) is 5.10 Å². The van der Waals surface area contributed by atoms with Gasteiger partial charge in [-0.3, -0.25) is 14.2 Å². The zero-order chi connectivity index (χ0) is 23.7. The third kappa shape index (κ3) is 4.51. The molecular formula is C21H26N8O3S2. The van der Waals surface area contributed by atoms with Gasteiger partial charge in [0.15, 0.2) is 16.0 Å². The average Bonchev–Trinajstić information content (AvgIpc) is 3.46. The Bertz CT molecular complexity index is 1270. The van der Waals surface area contributed by atoms with Crippen molar-refractivity contribution >= 4 is 46.3 Å². The van der Waals surface area contributed by atoms with Crippen LogP contribution in [0.4, 0.5) is 5.82 Å². The molecule has 1 atom stereocenters. The Morgan fingerprint density at radius 3 is 2.91 bits per heavy atom. The monoisotopic (exact) mass is 502 g/mol. The molecular weight excluding hydrogens is 476 g/mol. The number of nitrogens with one attached hydrogen (secondary N) is 1. The van der Waals surface area contributed by atoms with E-state index in [2.05, 4.69) is 25.3 Å². The lowest BCUT2D eigenvalue weighted by Crippen LogP contribution is -2.37. The molecule has 1 N–H and O–H groups in total. The van der Waals surface area contributed by atoms with E-state index in [1.165, 1.54) is 23.5 Å². The maximum atomic E-state index is 12.6. The summed E-state index contributed by atoms with van der Waals surface area (Å²) in [4.78, 5) is 41.0. The molecule has 0 aromatic carbocycles. The quantitative estimate of drug-likeness (QED) is 0.371. The lowest BCUT2D eigenvalue weighted by molar-refractivity contribution is -0.121. The number of fused-ring (bicyclic) bond motifs is 2. The number of aryl methyl sites for hydroxylation is 1. The number of anilines is 1. The molecule has 5 heterocycles. The molecule has 1 fully saturated rings. The van der Waals surface area contributed by atoms with E-state index < -0.39 is 0 Å². The van der Waals surface area contributed by atoms with Crippen LogP contribution in [0.5, 0.6) is 0 Å². The Hall–Kier alpha value is -2.64. The molecule has 0 spiro atoms. The standard InChI is InChI=1S/C21H26N8O3S2/c1-13-10-23-21-29(19(13)31)14(12-34-21)9-16(30)22-3-4-28-18-15(11-24-28)17(25-20(26-18)33-2)27-5-7-32-8-6-27/h10-11,14H,3-9,12H2,1-2H3,(H,22,30). The molecule has 0 bridgehead atoms. The van der Waals surface area contributed by atoms with Crippen LogP contribution in [0, 0.1) is 6.92 Å². The van der Waals surface area contributed by atoms with Crippen molar-refractivity contribution in [3.05, 3.63) is 28.3 Å². The molecule has 11 nitrogen and oxygen atoms in total. The molecule has 2 aliphatic heterocycles. The maximum Gasteiger partial charge on any atom is 0.257 e. The first kappa shape index (κ1) is 23.1. The van der Waals surface area contributed by atoms with E-state index in [4.69, 9.17) is 9.72 Å². The molecule has 3 aromatic heterocycles. The molecule has 1 amide bonds. The van der Waals surface area contributed by atoms with Crippen LogP contribution >= 0.6 is 23.5 Å². The number of hydrogen-bond donors (Lipinski definition) is 1. The van der Waals surface area contributed by atoms with E-state index in [9.17, 15) is 9.59 Å². The van der Waals surface area contributed by atoms with Crippen molar-refractivity contribution in [2.45, 2.75) is 36.2 Å². The number of amides is 1. The average molecular weight is 503 g/mol. The predicted octanol–water partition coefficient (Wildman–Crippen LogP) is 1.10. The fourth-order valence-electron chi connectivity index (χ4n) is 4.15. The van der Waals surface area contributed by atoms with E-state index >= 15 is 0 Å². The molecule has 0 radical (unpaired) electrons. The summed E-state index contributed by atoms with van der Waals surface area (Å²) in [5.74, 6) is 1.44. The van der Waals surface area contributed by atoms with Crippen LogP contribution in [0.2, 0.25) is 0 Å². The fourth-order valence-corrected chi connectivity index (χ4v) is 5.61. The van der Waals surface area contributed by atoms with Crippen molar-refractivity contribution in [2.24, 2.45) is 0 Å². The number of carbonyl (C=O) groups excluding carboxylic acids is 1. The van der Waals surface area contributed by atoms with Crippen molar-refractivity contribution in [2.75, 3.05) is 49.8 Å². The number of nitrogens with zero attached hydrogens (tertiary/aromatic N) is 7. The molecule has 1 saturated heterocycles. The highest BCUT2D eigenvalue weighted by molar-refractivity contribution is 7.99. The third-order valence-electron chi connectivity index (χ3n) is 5.92. The van der Waals surface area contributed by atoms with Gasteiger partial charge in [-0.25, -0.2) is 19.6 Å². The number of aromatic nitrogens is 6. The number of rotatable bonds is 7. The second-order valence-corrected chi connectivity index (χ2v) is 9.92. The smallest absolute Gasteiger partial charge is 0.257 e. The first-order valence-corrected chi connectivity index (χ1v) is 13.3. The Morgan fingerprint density at radius 2 is 2.12 bits per heavy atom. The van der Waals surface area contributed by atoms with Gasteiger partial charge in [0.25, 0.3) is 5.56 Å². The van der Waals surface area contributed by atoms with Crippen LogP contribution in [-0.2, 0) is 16.1 Å². The second-order valence-electron chi connectivity index (χ2n) is 8.16. The summed E-state index contributed by atoms with van der Waals surface area (Å²) in [7, 11) is 0. The SMILES string of the molecule is CSc1nc(N2CCOCC2)c2cnn(CCNC(=O)CC3CSc4ncc(C)c(=O)n43)c2n1. The van der Waals surface area contributed by atoms with Gasteiger partial charge in [0.1, 0.15) is 5.82 Å². The van der Waals surface area contributed by atoms with Gasteiger partial charge < -0.3 is 15.0 Å². The lowest BCUT2D eigenvalue weighted by atomic mass is 10.2. The number of ether oxygens (including phenoxy) is 1. The largest absolute Gasteiger partial charge is 0.378 e. The summed E-state index contributed by atoms with van der Waals surface area (Å²) >= 11 is 3.00. The first-order valence-electron chi connectivity index (χ1n) is 11.1. The van der Waals surface area contributed by atoms with Crippen LogP contribution < -0.4 is 15.8 Å². The Morgan fingerprint density at radius 1 is 1.29 bits per heavy atom. The zero-order valence-corrected chi connectivity index (χ0v) is 20.7. The zero-order valence-electron chi connectivity index (χ0n) is 19.1. The third-order valence-corrected chi connectivity index (χ3v) is 7.58. The molecule has 3 aromatic rings. The fraction of sp³-hybridized carbons (Fsp3) is 0.524. The predicted molar refractivity (Wildman–Crippen MR) is 131 cm³/mol. The Kier molecular flexibility index (Phi) is 6.75. The van der Waals surface area contributed by atoms with Gasteiger partial charge >= 0.3 is 0 Å². The molecule has 1 unspecified atom stereocenters. The first-order chi connectivity index (χ1) is 16.5. The minimum Gasteiger partial charge on any atom is -0.378 e. The number of morpholine rings is 1. The molecule has 2 aliphatic rings. The van der Waals surface area contributed by atoms with Gasteiger partial charge in [0, 0.05) is 43.6 Å². The highest BCUT2D eigenvalue weighted by Crippen LogP contribution is 2.31. The van der Waals surface area contributed by atoms with E-state index in [1.807, 2.05) is 6.26 Å². The van der Waals surface area contributed by atoms with Crippen LogP contribution in [-0.4, -0.2) is 80.1 Å². The van der Waals surface area contributed by atoms with Crippen molar-refractivity contribution in [3.63, 3.8) is 0 Å². The lowest BCUT2D eigenvalue weighted by Gasteiger charge is -2.28. The number of thioether (sulfide) groups is 2. The maximum absolute atomic E-state index is 12.6. The summed E-state index contributed by atoms with van der Waals surface area (Å²) in [5, 5.41) is 9.74. The van der Waals surface area contributed by atoms with Crippen molar-refractivity contribution in [1.29, 1.82) is 0 Å². The van der Waals surface area contributed by atoms with Gasteiger partial charge in [-0.1, -0.05) is 23.5 Å². The van der Waals surface area contributed by atoms with Gasteiger partial charge in [0.2, 0.25) is 5.91 Å². The minimum atomic E-state index is -0.182. The van der Waals surface area contributed by atoms with E-state index in [1.54, 1.807) is 28.6 Å². The highest BCUT2D eigenvalue weighted by atomic mass is 32.2. The summed E-state index contributed by atoms with van der Waals surface area (Å²) in [6.45, 7) is 5.55. The number of carbonyl (C=O) groups is 1. The summed E-state index contributed by atoms with van der Waals surface area (Å²) in [6.07, 6.45) is 5.58. The van der Waals surface area contributed by atoms with Crippen LogP contribution in [0.15, 0.2) is 27.5 Å². The van der Waals surface area contributed by atoms with Crippen LogP contribution in [0.1, 0.15) is 18.0 Å². The number of hydrogen-bond acceptors (Lipinski definition) is 10. The van der Waals surface area contributed by atoms with Crippen LogP contribution in [0.25, 0.3) is 11.0 Å². The molecule has 34 heavy (non-hydrogen) atoms. The molecule has 0 saturated carbocycles. The Labute approximate surface area is 204 Å². The topological polar surface area (TPSA) is 120 Å². The van der Waals surface area contributed by atoms with Crippen molar-refractivity contribution in [1.82, 2.24) is 34.6 Å². The molecule has 5 rings (SSSR count). The van der Waals surface area contributed by atoms with Crippen LogP contribution in [0.3, 0.4) is 0 Å². The summed E-state index contributed by atoms with van der Waals surface area (Å²) in [6, 6.07) is -0.182. The summed E-state index contributed by atoms with van der Waals surface area (Å²) < 4.78 is 8.93. The van der Waals surface area contributed by atoms with Gasteiger partial charge in [0.05, 0.1) is 37.4 Å². The Balaban J connectivity index is 1.25. The molecule has 180 valence electrons. The highest BCUT2D eigenvalue weighted by Gasteiger charge is 2.27.